The molecule has 4 aromatic rings. The molecule has 4 rings (SSSR count). The maximum atomic E-state index is 13.2. The van der Waals surface area contributed by atoms with Crippen LogP contribution in [0.3, 0.4) is 0 Å². The van der Waals surface area contributed by atoms with E-state index in [0.717, 1.165) is 12.1 Å². The first-order chi connectivity index (χ1) is 13.8. The Morgan fingerprint density at radius 3 is 2.72 bits per heavy atom. The number of aromatic nitrogens is 4. The molecule has 148 valence electrons. The summed E-state index contributed by atoms with van der Waals surface area (Å²) < 4.78 is 41.3. The van der Waals surface area contributed by atoms with Crippen LogP contribution in [0.4, 0.5) is 13.2 Å². The molecule has 0 radical (unpaired) electrons. The van der Waals surface area contributed by atoms with E-state index in [0.29, 0.717) is 33.7 Å². The fraction of sp³-hybridized carbons (Fsp3) is 0.150. The SMILES string of the molecule is CNC(=O)c1cc(-c2ncnn3cccc23)[nH]c1-c1cc(C(F)(F)F)ccc1C. The third-order valence-electron chi connectivity index (χ3n) is 4.71. The van der Waals surface area contributed by atoms with Crippen LogP contribution >= 0.6 is 0 Å². The summed E-state index contributed by atoms with van der Waals surface area (Å²) in [6, 6.07) is 8.66. The number of aromatic amines is 1. The molecule has 2 N–H and O–H groups in total. The first-order valence-electron chi connectivity index (χ1n) is 8.71. The molecule has 29 heavy (non-hydrogen) atoms. The number of carbonyl (C=O) groups excluding carboxylic acids is 1. The second-order valence-corrected chi connectivity index (χ2v) is 6.52. The molecule has 0 saturated heterocycles. The number of nitrogens with one attached hydrogen (secondary N) is 2. The lowest BCUT2D eigenvalue weighted by atomic mass is 9.99. The molecule has 0 aliphatic heterocycles. The van der Waals surface area contributed by atoms with Crippen LogP contribution < -0.4 is 5.32 Å². The second kappa shape index (κ2) is 6.77. The molecule has 0 unspecified atom stereocenters. The Morgan fingerprint density at radius 2 is 2.00 bits per heavy atom. The van der Waals surface area contributed by atoms with Gasteiger partial charge < -0.3 is 10.3 Å². The fourth-order valence-electron chi connectivity index (χ4n) is 3.25. The Morgan fingerprint density at radius 1 is 1.21 bits per heavy atom. The van der Waals surface area contributed by atoms with Gasteiger partial charge >= 0.3 is 6.18 Å². The fourth-order valence-corrected chi connectivity index (χ4v) is 3.25. The van der Waals surface area contributed by atoms with Crippen molar-refractivity contribution in [2.75, 3.05) is 7.05 Å². The predicted molar refractivity (Wildman–Crippen MR) is 101 cm³/mol. The van der Waals surface area contributed by atoms with E-state index in [1.54, 1.807) is 29.8 Å². The van der Waals surface area contributed by atoms with Gasteiger partial charge in [0.1, 0.15) is 12.0 Å². The summed E-state index contributed by atoms with van der Waals surface area (Å²) in [5.74, 6) is -0.417. The number of nitrogens with zero attached hydrogens (tertiary/aromatic N) is 3. The molecular formula is C20H16F3N5O. The van der Waals surface area contributed by atoms with Gasteiger partial charge in [0.25, 0.3) is 5.91 Å². The largest absolute Gasteiger partial charge is 0.416 e. The minimum absolute atomic E-state index is 0.230. The van der Waals surface area contributed by atoms with Gasteiger partial charge in [-0.1, -0.05) is 6.07 Å². The van der Waals surface area contributed by atoms with E-state index in [1.807, 2.05) is 6.07 Å². The minimum atomic E-state index is -4.49. The van der Waals surface area contributed by atoms with Gasteiger partial charge in [-0.3, -0.25) is 4.79 Å². The number of rotatable bonds is 3. The number of hydrogen-bond acceptors (Lipinski definition) is 3. The van der Waals surface area contributed by atoms with Gasteiger partial charge in [0.15, 0.2) is 0 Å². The van der Waals surface area contributed by atoms with Crippen molar-refractivity contribution in [3.8, 4) is 22.6 Å². The van der Waals surface area contributed by atoms with Crippen molar-refractivity contribution in [1.82, 2.24) is 24.9 Å². The van der Waals surface area contributed by atoms with E-state index in [-0.39, 0.29) is 5.56 Å². The van der Waals surface area contributed by atoms with E-state index in [9.17, 15) is 18.0 Å². The summed E-state index contributed by atoms with van der Waals surface area (Å²) in [6.45, 7) is 1.69. The van der Waals surface area contributed by atoms with Crippen molar-refractivity contribution in [3.05, 3.63) is 65.6 Å². The molecule has 0 spiro atoms. The third-order valence-corrected chi connectivity index (χ3v) is 4.71. The average molecular weight is 399 g/mol. The standard InChI is InChI=1S/C20H16F3N5O/c1-11-5-6-12(20(21,22)23)8-13(11)17-14(19(29)24-2)9-15(27-17)18-16-4-3-7-28(16)26-10-25-18/h3-10,27H,1-2H3,(H,24,29). The highest BCUT2D eigenvalue weighted by Crippen LogP contribution is 2.36. The number of hydrogen-bond donors (Lipinski definition) is 2. The highest BCUT2D eigenvalue weighted by molar-refractivity contribution is 6.02. The Balaban J connectivity index is 1.95. The number of carbonyl (C=O) groups is 1. The number of halogens is 3. The van der Waals surface area contributed by atoms with Gasteiger partial charge in [-0.2, -0.15) is 18.3 Å². The van der Waals surface area contributed by atoms with E-state index in [1.165, 1.54) is 19.4 Å². The second-order valence-electron chi connectivity index (χ2n) is 6.52. The summed E-state index contributed by atoms with van der Waals surface area (Å²) >= 11 is 0. The number of amides is 1. The number of benzene rings is 1. The molecule has 0 fully saturated rings. The lowest BCUT2D eigenvalue weighted by Crippen LogP contribution is -2.18. The molecule has 9 heteroatoms. The predicted octanol–water partition coefficient (Wildman–Crippen LogP) is 4.08. The number of aryl methyl sites for hydroxylation is 1. The molecule has 1 aromatic carbocycles. The van der Waals surface area contributed by atoms with Crippen molar-refractivity contribution in [3.63, 3.8) is 0 Å². The number of fused-ring (bicyclic) bond motifs is 1. The zero-order valence-electron chi connectivity index (χ0n) is 15.5. The lowest BCUT2D eigenvalue weighted by molar-refractivity contribution is -0.137. The van der Waals surface area contributed by atoms with Gasteiger partial charge in [-0.15, -0.1) is 0 Å². The Bertz CT molecular complexity index is 1220. The Kier molecular flexibility index (Phi) is 4.37. The quantitative estimate of drug-likeness (QED) is 0.545. The van der Waals surface area contributed by atoms with Gasteiger partial charge in [0, 0.05) is 18.8 Å². The summed E-state index contributed by atoms with van der Waals surface area (Å²) in [5.41, 5.74) is 2.38. The van der Waals surface area contributed by atoms with Crippen molar-refractivity contribution >= 4 is 11.4 Å². The highest BCUT2D eigenvalue weighted by Gasteiger charge is 2.31. The average Bonchev–Trinajstić information content (AvgIpc) is 3.33. The smallest absolute Gasteiger partial charge is 0.355 e. The zero-order chi connectivity index (χ0) is 20.8. The van der Waals surface area contributed by atoms with Crippen LogP contribution in [0.2, 0.25) is 0 Å². The maximum Gasteiger partial charge on any atom is 0.416 e. The summed E-state index contributed by atoms with van der Waals surface area (Å²) in [4.78, 5) is 19.9. The molecule has 1 amide bonds. The normalized spacial score (nSPS) is 11.8. The van der Waals surface area contributed by atoms with Gasteiger partial charge in [0.2, 0.25) is 0 Å². The van der Waals surface area contributed by atoms with Gasteiger partial charge in [0.05, 0.1) is 28.0 Å². The van der Waals surface area contributed by atoms with Crippen molar-refractivity contribution < 1.29 is 18.0 Å². The molecule has 6 nitrogen and oxygen atoms in total. The van der Waals surface area contributed by atoms with E-state index in [2.05, 4.69) is 20.4 Å². The zero-order valence-corrected chi connectivity index (χ0v) is 15.5. The van der Waals surface area contributed by atoms with Crippen LogP contribution in [0.5, 0.6) is 0 Å². The summed E-state index contributed by atoms with van der Waals surface area (Å²) in [6.07, 6.45) is -1.37. The Hall–Kier alpha value is -3.62. The molecule has 0 atom stereocenters. The molecule has 3 heterocycles. The van der Waals surface area contributed by atoms with Crippen LogP contribution in [0.1, 0.15) is 21.5 Å². The van der Waals surface area contributed by atoms with Crippen LogP contribution in [0.15, 0.2) is 48.9 Å². The van der Waals surface area contributed by atoms with E-state index >= 15 is 0 Å². The molecule has 0 bridgehead atoms. The molecule has 0 aliphatic rings. The van der Waals surface area contributed by atoms with Gasteiger partial charge in [-0.25, -0.2) is 9.50 Å². The lowest BCUT2D eigenvalue weighted by Gasteiger charge is -2.12. The monoisotopic (exact) mass is 399 g/mol. The highest BCUT2D eigenvalue weighted by atomic mass is 19.4. The van der Waals surface area contributed by atoms with Crippen LogP contribution in [-0.4, -0.2) is 32.5 Å². The summed E-state index contributed by atoms with van der Waals surface area (Å²) in [7, 11) is 1.47. The van der Waals surface area contributed by atoms with Crippen LogP contribution in [-0.2, 0) is 6.18 Å². The van der Waals surface area contributed by atoms with Gasteiger partial charge in [-0.05, 0) is 42.8 Å². The molecule has 0 aliphatic carbocycles. The summed E-state index contributed by atoms with van der Waals surface area (Å²) in [5, 5.41) is 6.64. The first kappa shape index (κ1) is 18.7. The Labute approximate surface area is 163 Å². The van der Waals surface area contributed by atoms with E-state index < -0.39 is 17.6 Å². The van der Waals surface area contributed by atoms with Crippen molar-refractivity contribution in [2.24, 2.45) is 0 Å². The van der Waals surface area contributed by atoms with Crippen molar-refractivity contribution in [1.29, 1.82) is 0 Å². The molecular weight excluding hydrogens is 383 g/mol. The van der Waals surface area contributed by atoms with E-state index in [4.69, 9.17) is 0 Å². The third kappa shape index (κ3) is 3.24. The van der Waals surface area contributed by atoms with Crippen LogP contribution in [0, 0.1) is 6.92 Å². The minimum Gasteiger partial charge on any atom is -0.355 e. The number of H-pyrrole nitrogens is 1. The van der Waals surface area contributed by atoms with Crippen LogP contribution in [0.25, 0.3) is 28.2 Å². The topological polar surface area (TPSA) is 75.1 Å². The first-order valence-corrected chi connectivity index (χ1v) is 8.71. The molecule has 3 aromatic heterocycles. The maximum absolute atomic E-state index is 13.2. The molecule has 0 saturated carbocycles. The number of alkyl halides is 3. The van der Waals surface area contributed by atoms with Crippen molar-refractivity contribution in [2.45, 2.75) is 13.1 Å².